The minimum absolute atomic E-state index is 0.695. The van der Waals surface area contributed by atoms with Crippen molar-refractivity contribution in [3.05, 3.63) is 326 Å². The number of aryl methyl sites for hydroxylation is 4. The molecule has 0 spiro atoms. The summed E-state index contributed by atoms with van der Waals surface area (Å²) in [5.74, 6) is 0.695. The summed E-state index contributed by atoms with van der Waals surface area (Å²) < 4.78 is 13.8. The van der Waals surface area contributed by atoms with Gasteiger partial charge in [0.25, 0.3) is 0 Å². The van der Waals surface area contributed by atoms with E-state index in [0.717, 1.165) is 94.5 Å². The summed E-state index contributed by atoms with van der Waals surface area (Å²) in [6.45, 7) is 18.2. The predicted molar refractivity (Wildman–Crippen MR) is 468 cm³/mol. The molecular weight excluding hydrogens is 1400 g/mol. The zero-order chi connectivity index (χ0) is 76.2. The van der Waals surface area contributed by atoms with Crippen molar-refractivity contribution in [2.45, 2.75) is 55.4 Å². The SMILES string of the molecule is Cc1c(C)n(-c2ccc(-c3cn4ccncc4n3)cc2)c2c3ccccc3c3c4c(C)c(C)n(-c5ccc(-c6cn7cccnc7n6)cc5)c4c4ccccc4c3c12.Cc1c(C)n(-c2cnc3c(ccc4cccnc43)c2)c2c3ccccc3c3c4c(C)c(C)n(-c5cnc6c(ccc7cccnc76)c5)c4c4ccccc4c3c12. The molecule has 0 unspecified atom stereocenters. The number of hydrogen-bond acceptors (Lipinski definition) is 8. The zero-order valence-corrected chi connectivity index (χ0v) is 63.8. The van der Waals surface area contributed by atoms with Gasteiger partial charge in [0.05, 0.1) is 85.5 Å². The maximum absolute atomic E-state index is 5.07. The minimum Gasteiger partial charge on any atom is -0.313 e. The Kier molecular flexibility index (Phi) is 13.9. The molecule has 24 aromatic rings. The van der Waals surface area contributed by atoms with Crippen LogP contribution in [0, 0.1) is 55.4 Å². The van der Waals surface area contributed by atoms with Gasteiger partial charge >= 0.3 is 0 Å². The summed E-state index contributed by atoms with van der Waals surface area (Å²) in [5.41, 5.74) is 27.7. The first-order valence-electron chi connectivity index (χ1n) is 38.8. The lowest BCUT2D eigenvalue weighted by atomic mass is 9.89. The number of benzene rings is 12. The van der Waals surface area contributed by atoms with Crippen molar-refractivity contribution in [2.75, 3.05) is 0 Å². The van der Waals surface area contributed by atoms with E-state index in [1.165, 1.54) is 153 Å². The van der Waals surface area contributed by atoms with Gasteiger partial charge in [-0.2, -0.15) is 0 Å². The first-order valence-corrected chi connectivity index (χ1v) is 38.8. The van der Waals surface area contributed by atoms with Crippen LogP contribution >= 0.6 is 0 Å². The van der Waals surface area contributed by atoms with E-state index in [1.807, 2.05) is 70.4 Å². The van der Waals surface area contributed by atoms with E-state index in [2.05, 4.69) is 284 Å². The van der Waals surface area contributed by atoms with Gasteiger partial charge in [-0.05, 0) is 154 Å². The van der Waals surface area contributed by atoms with Gasteiger partial charge in [-0.15, -0.1) is 0 Å². The first kappa shape index (κ1) is 65.2. The Morgan fingerprint density at radius 2 is 0.623 bits per heavy atom. The maximum atomic E-state index is 5.07. The fourth-order valence-corrected chi connectivity index (χ4v) is 19.2. The first-order chi connectivity index (χ1) is 55.9. The molecule has 0 fully saturated rings. The molecule has 0 bridgehead atoms. The van der Waals surface area contributed by atoms with Crippen molar-refractivity contribution < 1.29 is 0 Å². The molecule has 0 aliphatic heterocycles. The van der Waals surface area contributed by atoms with Crippen LogP contribution in [0.4, 0.5) is 0 Å². The van der Waals surface area contributed by atoms with Crippen molar-refractivity contribution in [3.63, 3.8) is 0 Å². The minimum atomic E-state index is 0.695. The zero-order valence-electron chi connectivity index (χ0n) is 63.8. The van der Waals surface area contributed by atoms with Crippen LogP contribution in [0.3, 0.4) is 0 Å². The second-order valence-corrected chi connectivity index (χ2v) is 30.6. The van der Waals surface area contributed by atoms with Crippen LogP contribution < -0.4 is 0 Å². The maximum Gasteiger partial charge on any atom is 0.234 e. The lowest BCUT2D eigenvalue weighted by molar-refractivity contribution is 1.03. The van der Waals surface area contributed by atoms with Crippen molar-refractivity contribution >= 4 is 163 Å². The average Bonchev–Trinajstić information content (AvgIpc) is 1.49. The van der Waals surface area contributed by atoms with E-state index in [9.17, 15) is 0 Å². The van der Waals surface area contributed by atoms with E-state index in [1.54, 1.807) is 18.6 Å². The quantitative estimate of drug-likeness (QED) is 0.150. The molecule has 540 valence electrons. The third kappa shape index (κ3) is 9.18. The van der Waals surface area contributed by atoms with E-state index < -0.39 is 0 Å². The topological polar surface area (TPSA) is 132 Å². The molecule has 0 radical (unpaired) electrons. The van der Waals surface area contributed by atoms with Crippen LogP contribution in [0.2, 0.25) is 0 Å². The van der Waals surface area contributed by atoms with Crippen molar-refractivity contribution in [3.8, 4) is 45.3 Å². The van der Waals surface area contributed by atoms with Crippen LogP contribution in [0.15, 0.2) is 280 Å². The van der Waals surface area contributed by atoms with Crippen LogP contribution in [0.1, 0.15) is 45.0 Å². The number of imidazole rings is 2. The summed E-state index contributed by atoms with van der Waals surface area (Å²) in [6.07, 6.45) is 21.1. The molecule has 0 amide bonds. The molecule has 0 saturated heterocycles. The third-order valence-electron chi connectivity index (χ3n) is 24.8. The van der Waals surface area contributed by atoms with Gasteiger partial charge in [-0.25, -0.2) is 15.0 Å². The van der Waals surface area contributed by atoms with E-state index >= 15 is 0 Å². The van der Waals surface area contributed by atoms with Crippen molar-refractivity contribution in [1.82, 2.24) is 66.9 Å². The molecule has 12 heterocycles. The van der Waals surface area contributed by atoms with Gasteiger partial charge in [-0.1, -0.05) is 158 Å². The molecular formula is C100H70N14. The number of pyridine rings is 4. The number of fused-ring (bicyclic) bond motifs is 30. The molecule has 14 nitrogen and oxygen atoms in total. The van der Waals surface area contributed by atoms with E-state index in [4.69, 9.17) is 29.9 Å². The highest BCUT2D eigenvalue weighted by Crippen LogP contribution is 2.52. The standard InChI is InChI=1S/C50H36N8.C50H34N6/c1-29-31(3)57(35-18-14-33(15-19-35)41-27-55-25-23-51-26-43(55)53-41)48-39-12-7-5-10-37(39)47-45-30(2)32(4)58(49(45)40-13-8-6-11-38(40)46(47)44(29)48)36-20-16-34(17-21-36)42-28-56-24-9-22-52-50(56)54-42;1-27-29(3)55(35-23-33-19-17-31-11-9-21-51-45(31)47(33)53-25-35)49-39-15-7-6-14-38(39)44-42-28(2)30(4)56(50(42)40-16-8-5-13-37(40)43(44)41(27)49)36-24-34-20-18-32-12-10-22-52-46(32)48(34)54-26-36/h5-28H,1-4H3;5-26H,1-4H3. The Morgan fingerprint density at radius 1 is 0.263 bits per heavy atom. The Bertz CT molecular complexity index is 7780. The van der Waals surface area contributed by atoms with E-state index in [0.29, 0.717) is 5.78 Å². The monoisotopic (exact) mass is 1470 g/mol. The highest BCUT2D eigenvalue weighted by Gasteiger charge is 2.30. The third-order valence-corrected chi connectivity index (χ3v) is 24.8. The van der Waals surface area contributed by atoms with Crippen LogP contribution in [-0.2, 0) is 0 Å². The average molecular weight is 1470 g/mol. The van der Waals surface area contributed by atoms with Crippen molar-refractivity contribution in [2.24, 2.45) is 0 Å². The molecule has 114 heavy (non-hydrogen) atoms. The van der Waals surface area contributed by atoms with E-state index in [-0.39, 0.29) is 0 Å². The lowest BCUT2D eigenvalue weighted by Gasteiger charge is -2.17. The number of aromatic nitrogens is 14. The van der Waals surface area contributed by atoms with Gasteiger partial charge < -0.3 is 22.7 Å². The van der Waals surface area contributed by atoms with Crippen LogP contribution in [-0.4, -0.2) is 66.9 Å². The Hall–Kier alpha value is -14.8. The van der Waals surface area contributed by atoms with Crippen molar-refractivity contribution in [1.29, 1.82) is 0 Å². The molecule has 14 heteroatoms. The van der Waals surface area contributed by atoms with Gasteiger partial charge in [0, 0.05) is 181 Å². The molecule has 12 aromatic carbocycles. The van der Waals surface area contributed by atoms with Gasteiger partial charge in [0.1, 0.15) is 0 Å². The Morgan fingerprint density at radius 3 is 1.03 bits per heavy atom. The lowest BCUT2D eigenvalue weighted by Crippen LogP contribution is -2.00. The summed E-state index contributed by atoms with van der Waals surface area (Å²) >= 11 is 0. The summed E-state index contributed by atoms with van der Waals surface area (Å²) in [7, 11) is 0. The molecule has 24 rings (SSSR count). The summed E-state index contributed by atoms with van der Waals surface area (Å²) in [6, 6.07) is 76.8. The number of rotatable bonds is 6. The Labute approximate surface area is 652 Å². The number of hydrogen-bond donors (Lipinski definition) is 0. The van der Waals surface area contributed by atoms with Gasteiger partial charge in [0.2, 0.25) is 5.78 Å². The largest absolute Gasteiger partial charge is 0.313 e. The molecule has 0 atom stereocenters. The molecule has 0 aliphatic carbocycles. The molecule has 12 aromatic heterocycles. The van der Waals surface area contributed by atoms with Gasteiger partial charge in [-0.3, -0.25) is 29.3 Å². The molecule has 0 saturated carbocycles. The highest BCUT2D eigenvalue weighted by atomic mass is 15.1. The Balaban J connectivity index is 0.000000135. The molecule has 0 aliphatic rings. The normalized spacial score (nSPS) is 12.2. The highest BCUT2D eigenvalue weighted by molar-refractivity contribution is 6.42. The van der Waals surface area contributed by atoms with Crippen LogP contribution in [0.25, 0.3) is 209 Å². The van der Waals surface area contributed by atoms with Crippen LogP contribution in [0.5, 0.6) is 0 Å². The fourth-order valence-electron chi connectivity index (χ4n) is 19.2. The number of nitrogens with zero attached hydrogens (tertiary/aromatic N) is 14. The second kappa shape index (κ2) is 24.4. The molecule has 0 N–H and O–H groups in total. The summed E-state index contributed by atoms with van der Waals surface area (Å²) in [4.78, 5) is 37.8. The van der Waals surface area contributed by atoms with Gasteiger partial charge in [0.15, 0.2) is 5.65 Å². The fraction of sp³-hybridized carbons (Fsp3) is 0.0800. The predicted octanol–water partition coefficient (Wildman–Crippen LogP) is 24.1. The second-order valence-electron chi connectivity index (χ2n) is 30.6. The smallest absolute Gasteiger partial charge is 0.234 e. The summed E-state index contributed by atoms with van der Waals surface area (Å²) in [5, 5.41) is 24.6.